The van der Waals surface area contributed by atoms with Crippen LogP contribution in [0.5, 0.6) is 11.5 Å². The fraction of sp³-hybridized carbons (Fsp3) is 0.517. The van der Waals surface area contributed by atoms with Gasteiger partial charge in [-0.05, 0) is 74.7 Å². The summed E-state index contributed by atoms with van der Waals surface area (Å²) in [5.74, 6) is 0.274. The van der Waals surface area contributed by atoms with Crippen molar-refractivity contribution >= 4 is 11.9 Å². The number of hydrogen-bond donors (Lipinski definition) is 0. The number of rotatable bonds is 16. The number of carbonyl (C=O) groups excluding carboxylic acids is 2. The molecular formula is C29H38O6. The highest BCUT2D eigenvalue weighted by Gasteiger charge is 2.20. The van der Waals surface area contributed by atoms with Gasteiger partial charge in [-0.1, -0.05) is 45.4 Å². The fourth-order valence-electron chi connectivity index (χ4n) is 3.83. The molecular weight excluding hydrogens is 444 g/mol. The summed E-state index contributed by atoms with van der Waals surface area (Å²) < 4.78 is 21.8. The van der Waals surface area contributed by atoms with Crippen molar-refractivity contribution in [3.8, 4) is 11.5 Å². The lowest BCUT2D eigenvalue weighted by Crippen LogP contribution is -2.14. The van der Waals surface area contributed by atoms with Crippen molar-refractivity contribution in [2.45, 2.75) is 83.8 Å². The molecule has 0 radical (unpaired) electrons. The zero-order valence-electron chi connectivity index (χ0n) is 21.0. The molecule has 35 heavy (non-hydrogen) atoms. The Hall–Kier alpha value is -2.86. The van der Waals surface area contributed by atoms with Crippen LogP contribution < -0.4 is 9.47 Å². The van der Waals surface area contributed by atoms with Crippen LogP contribution in [0.3, 0.4) is 0 Å². The van der Waals surface area contributed by atoms with Gasteiger partial charge >= 0.3 is 11.9 Å². The van der Waals surface area contributed by atoms with Crippen LogP contribution in [0.4, 0.5) is 0 Å². The molecule has 0 aromatic heterocycles. The minimum absolute atomic E-state index is 0.125. The minimum Gasteiger partial charge on any atom is -0.494 e. The van der Waals surface area contributed by atoms with E-state index in [1.807, 2.05) is 13.8 Å². The van der Waals surface area contributed by atoms with Crippen molar-refractivity contribution in [3.63, 3.8) is 0 Å². The smallest absolute Gasteiger partial charge is 0.343 e. The minimum atomic E-state index is -0.461. The van der Waals surface area contributed by atoms with Gasteiger partial charge in [0, 0.05) is 0 Å². The summed E-state index contributed by atoms with van der Waals surface area (Å²) in [5, 5.41) is 0. The van der Waals surface area contributed by atoms with Gasteiger partial charge in [0.2, 0.25) is 0 Å². The van der Waals surface area contributed by atoms with E-state index in [1.54, 1.807) is 48.5 Å². The molecule has 1 heterocycles. The molecule has 6 heteroatoms. The van der Waals surface area contributed by atoms with Gasteiger partial charge in [0.1, 0.15) is 11.5 Å². The molecule has 0 bridgehead atoms. The van der Waals surface area contributed by atoms with Crippen LogP contribution in [0.15, 0.2) is 48.5 Å². The number of carbonyl (C=O) groups is 2. The van der Waals surface area contributed by atoms with Crippen molar-refractivity contribution in [2.75, 3.05) is 13.2 Å². The highest BCUT2D eigenvalue weighted by Crippen LogP contribution is 2.19. The van der Waals surface area contributed by atoms with E-state index in [0.29, 0.717) is 29.6 Å². The summed E-state index contributed by atoms with van der Waals surface area (Å²) in [6.07, 6.45) is 10.7. The topological polar surface area (TPSA) is 74.4 Å². The third kappa shape index (κ3) is 10.1. The van der Waals surface area contributed by atoms with E-state index in [-0.39, 0.29) is 12.1 Å². The summed E-state index contributed by atoms with van der Waals surface area (Å²) in [6.45, 7) is 5.56. The van der Waals surface area contributed by atoms with Crippen LogP contribution >= 0.6 is 0 Å². The van der Waals surface area contributed by atoms with Crippen LogP contribution in [-0.2, 0) is 9.47 Å². The number of unbranched alkanes of at least 4 members (excludes halogenated alkanes) is 5. The molecule has 0 N–H and O–H groups in total. The maximum atomic E-state index is 12.4. The van der Waals surface area contributed by atoms with Crippen LogP contribution in [0.1, 0.15) is 92.4 Å². The first-order valence-electron chi connectivity index (χ1n) is 12.9. The summed E-state index contributed by atoms with van der Waals surface area (Å²) >= 11 is 0. The highest BCUT2D eigenvalue weighted by atomic mass is 16.6. The third-order valence-electron chi connectivity index (χ3n) is 5.99. The average Bonchev–Trinajstić information content (AvgIpc) is 3.68. The highest BCUT2D eigenvalue weighted by molar-refractivity contribution is 5.92. The van der Waals surface area contributed by atoms with Crippen LogP contribution in [0.25, 0.3) is 0 Å². The Balaban J connectivity index is 1.32. The Kier molecular flexibility index (Phi) is 11.1. The number of hydrogen-bond acceptors (Lipinski definition) is 6. The number of ether oxygens (including phenoxy) is 4. The first-order valence-corrected chi connectivity index (χ1v) is 12.9. The van der Waals surface area contributed by atoms with Gasteiger partial charge in [-0.15, -0.1) is 0 Å². The predicted octanol–water partition coefficient (Wildman–Crippen LogP) is 6.76. The first-order chi connectivity index (χ1) is 17.0. The third-order valence-corrected chi connectivity index (χ3v) is 5.99. The van der Waals surface area contributed by atoms with E-state index >= 15 is 0 Å². The Labute approximate surface area is 208 Å². The number of benzene rings is 2. The van der Waals surface area contributed by atoms with Gasteiger partial charge in [-0.25, -0.2) is 9.59 Å². The van der Waals surface area contributed by atoms with Crippen LogP contribution in [0.2, 0.25) is 0 Å². The molecule has 0 amide bonds. The van der Waals surface area contributed by atoms with Crippen molar-refractivity contribution in [2.24, 2.45) is 0 Å². The lowest BCUT2D eigenvalue weighted by atomic mass is 10.1. The molecule has 2 aromatic rings. The van der Waals surface area contributed by atoms with Gasteiger partial charge in [-0.3, -0.25) is 0 Å². The molecule has 1 saturated heterocycles. The van der Waals surface area contributed by atoms with E-state index in [1.165, 1.54) is 38.5 Å². The molecule has 0 saturated carbocycles. The van der Waals surface area contributed by atoms with Crippen molar-refractivity contribution < 1.29 is 28.5 Å². The Bertz CT molecular complexity index is 902. The molecule has 2 unspecified atom stereocenters. The van der Waals surface area contributed by atoms with Gasteiger partial charge in [-0.2, -0.15) is 0 Å². The molecule has 190 valence electrons. The maximum Gasteiger partial charge on any atom is 0.343 e. The lowest BCUT2D eigenvalue weighted by molar-refractivity contribution is 0.0323. The van der Waals surface area contributed by atoms with Gasteiger partial charge < -0.3 is 18.9 Å². The molecule has 0 spiro atoms. The fourth-order valence-corrected chi connectivity index (χ4v) is 3.83. The predicted molar refractivity (Wildman–Crippen MR) is 135 cm³/mol. The molecule has 3 rings (SSSR count). The maximum absolute atomic E-state index is 12.4. The van der Waals surface area contributed by atoms with E-state index in [4.69, 9.17) is 18.9 Å². The van der Waals surface area contributed by atoms with E-state index < -0.39 is 5.97 Å². The van der Waals surface area contributed by atoms with Crippen LogP contribution in [0, 0.1) is 0 Å². The molecule has 6 nitrogen and oxygen atoms in total. The summed E-state index contributed by atoms with van der Waals surface area (Å²) in [4.78, 5) is 24.6. The quantitative estimate of drug-likeness (QED) is 0.114. The van der Waals surface area contributed by atoms with Gasteiger partial charge in [0.25, 0.3) is 0 Å². The Morgan fingerprint density at radius 3 is 2.06 bits per heavy atom. The average molecular weight is 483 g/mol. The van der Waals surface area contributed by atoms with E-state index in [2.05, 4.69) is 0 Å². The molecule has 2 atom stereocenters. The molecule has 0 aliphatic carbocycles. The SMILES string of the molecule is CCCC(C)OC(=O)c1ccc(OC(=O)c2ccc(OCCCCCCCCC3CO3)cc2)cc1. The van der Waals surface area contributed by atoms with E-state index in [9.17, 15) is 9.59 Å². The second-order valence-electron chi connectivity index (χ2n) is 9.16. The molecule has 1 aliphatic heterocycles. The lowest BCUT2D eigenvalue weighted by Gasteiger charge is -2.12. The van der Waals surface area contributed by atoms with Crippen molar-refractivity contribution in [1.82, 2.24) is 0 Å². The van der Waals surface area contributed by atoms with Crippen molar-refractivity contribution in [1.29, 1.82) is 0 Å². The standard InChI is InChI=1S/C29H38O6/c1-3-10-22(2)34-28(30)23-14-18-26(19-15-23)35-29(31)24-12-16-25(17-13-24)32-20-9-7-5-4-6-8-11-27-21-33-27/h12-19,22,27H,3-11,20-21H2,1-2H3. The summed E-state index contributed by atoms with van der Waals surface area (Å²) in [7, 11) is 0. The largest absolute Gasteiger partial charge is 0.494 e. The van der Waals surface area contributed by atoms with E-state index in [0.717, 1.165) is 31.6 Å². The van der Waals surface area contributed by atoms with Crippen molar-refractivity contribution in [3.05, 3.63) is 59.7 Å². The van der Waals surface area contributed by atoms with Crippen LogP contribution in [-0.4, -0.2) is 37.4 Å². The number of epoxide rings is 1. The Morgan fingerprint density at radius 2 is 1.43 bits per heavy atom. The summed E-state index contributed by atoms with van der Waals surface area (Å²) in [6, 6.07) is 13.4. The number of esters is 2. The monoisotopic (exact) mass is 482 g/mol. The molecule has 2 aromatic carbocycles. The molecule has 1 aliphatic rings. The second-order valence-corrected chi connectivity index (χ2v) is 9.16. The first kappa shape index (κ1) is 26.7. The second kappa shape index (κ2) is 14.5. The normalized spacial score (nSPS) is 15.3. The van der Waals surface area contributed by atoms with Gasteiger partial charge in [0.15, 0.2) is 0 Å². The Morgan fingerprint density at radius 1 is 0.857 bits per heavy atom. The van der Waals surface area contributed by atoms with Gasteiger partial charge in [0.05, 0.1) is 36.5 Å². The molecule has 1 fully saturated rings. The zero-order chi connectivity index (χ0) is 24.9. The summed E-state index contributed by atoms with van der Waals surface area (Å²) in [5.41, 5.74) is 0.865. The zero-order valence-corrected chi connectivity index (χ0v) is 21.0.